The predicted octanol–water partition coefficient (Wildman–Crippen LogP) is 1.37. The zero-order chi connectivity index (χ0) is 8.93. The first kappa shape index (κ1) is 7.67. The van der Waals surface area contributed by atoms with Crippen LogP contribution >= 0.6 is 0 Å². The Hall–Kier alpha value is -1.97. The predicted molar refractivity (Wildman–Crippen MR) is 49.5 cm³/mol. The number of aromatic nitrogens is 4. The Morgan fingerprint density at radius 3 is 2.85 bits per heavy atom. The van der Waals surface area contributed by atoms with Crippen molar-refractivity contribution in [3.05, 3.63) is 42.2 Å². The smallest absolute Gasteiger partial charge is 0.0813 e. The number of aromatic amines is 1. The van der Waals surface area contributed by atoms with Gasteiger partial charge < -0.3 is 0 Å². The lowest BCUT2D eigenvalue weighted by molar-refractivity contribution is 1.09. The Labute approximate surface area is 75.4 Å². The molecule has 0 aliphatic rings. The van der Waals surface area contributed by atoms with E-state index in [4.69, 9.17) is 0 Å². The Balaban J connectivity index is 2.15. The number of hydrogen-bond donors (Lipinski definition) is 1. The highest BCUT2D eigenvalue weighted by atomic mass is 15.1. The Morgan fingerprint density at radius 1 is 1.15 bits per heavy atom. The van der Waals surface area contributed by atoms with E-state index in [-0.39, 0.29) is 0 Å². The van der Waals surface area contributed by atoms with Gasteiger partial charge in [-0.25, -0.2) is 0 Å². The van der Waals surface area contributed by atoms with Gasteiger partial charge in [0.05, 0.1) is 18.1 Å². The van der Waals surface area contributed by atoms with Crippen molar-refractivity contribution < 1.29 is 0 Å². The van der Waals surface area contributed by atoms with Gasteiger partial charge in [0, 0.05) is 24.2 Å². The fraction of sp³-hybridized carbons (Fsp3) is 0. The van der Waals surface area contributed by atoms with E-state index in [2.05, 4.69) is 20.2 Å². The van der Waals surface area contributed by atoms with E-state index in [1.807, 2.05) is 18.3 Å². The van der Waals surface area contributed by atoms with Crippen molar-refractivity contribution >= 4 is 12.2 Å². The fourth-order valence-corrected chi connectivity index (χ4v) is 0.930. The minimum Gasteiger partial charge on any atom is -0.285 e. The molecular formula is C9H8N4. The molecule has 0 aromatic carbocycles. The number of H-pyrrole nitrogens is 1. The molecule has 0 fully saturated rings. The molecular weight excluding hydrogens is 164 g/mol. The van der Waals surface area contributed by atoms with Crippen LogP contribution < -0.4 is 0 Å². The molecule has 0 atom stereocenters. The average Bonchev–Trinajstić information content (AvgIpc) is 2.69. The van der Waals surface area contributed by atoms with Gasteiger partial charge in [-0.3, -0.25) is 15.1 Å². The number of rotatable bonds is 2. The molecule has 0 saturated heterocycles. The maximum absolute atomic E-state index is 4.10. The lowest BCUT2D eigenvalue weighted by Gasteiger charge is -1.87. The van der Waals surface area contributed by atoms with Crippen LogP contribution in [0.5, 0.6) is 0 Å². The first-order valence-corrected chi connectivity index (χ1v) is 3.88. The van der Waals surface area contributed by atoms with Crippen LogP contribution in [0.3, 0.4) is 0 Å². The summed E-state index contributed by atoms with van der Waals surface area (Å²) in [5, 5.41) is 6.55. The van der Waals surface area contributed by atoms with E-state index in [9.17, 15) is 0 Å². The molecule has 2 aromatic rings. The standard InChI is InChI=1S/C9H8N4/c1(8-5-12-13-6-8)2-9-7-10-3-4-11-9/h1-7H,(H,12,13). The molecule has 13 heavy (non-hydrogen) atoms. The zero-order valence-electron chi connectivity index (χ0n) is 6.88. The van der Waals surface area contributed by atoms with Crippen LogP contribution in [0.2, 0.25) is 0 Å². The molecule has 64 valence electrons. The van der Waals surface area contributed by atoms with Crippen molar-refractivity contribution in [2.24, 2.45) is 0 Å². The van der Waals surface area contributed by atoms with Crippen LogP contribution in [0.25, 0.3) is 12.2 Å². The van der Waals surface area contributed by atoms with E-state index < -0.39 is 0 Å². The second kappa shape index (κ2) is 3.62. The molecule has 0 aliphatic carbocycles. The van der Waals surface area contributed by atoms with Gasteiger partial charge in [-0.15, -0.1) is 0 Å². The van der Waals surface area contributed by atoms with E-state index in [1.165, 1.54) is 0 Å². The molecule has 4 heteroatoms. The molecule has 0 aliphatic heterocycles. The molecule has 0 amide bonds. The van der Waals surface area contributed by atoms with Crippen LogP contribution in [0.4, 0.5) is 0 Å². The summed E-state index contributed by atoms with van der Waals surface area (Å²) in [6, 6.07) is 0. The quantitative estimate of drug-likeness (QED) is 0.744. The van der Waals surface area contributed by atoms with Gasteiger partial charge in [0.15, 0.2) is 0 Å². The van der Waals surface area contributed by atoms with Crippen molar-refractivity contribution in [2.45, 2.75) is 0 Å². The Kier molecular flexibility index (Phi) is 2.14. The summed E-state index contributed by atoms with van der Waals surface area (Å²) in [4.78, 5) is 8.05. The van der Waals surface area contributed by atoms with E-state index >= 15 is 0 Å². The molecule has 0 spiro atoms. The second-order valence-electron chi connectivity index (χ2n) is 2.50. The van der Waals surface area contributed by atoms with Crippen molar-refractivity contribution in [1.82, 2.24) is 20.2 Å². The summed E-state index contributed by atoms with van der Waals surface area (Å²) in [7, 11) is 0. The molecule has 2 heterocycles. The molecule has 2 rings (SSSR count). The summed E-state index contributed by atoms with van der Waals surface area (Å²) in [6.45, 7) is 0. The largest absolute Gasteiger partial charge is 0.285 e. The lowest BCUT2D eigenvalue weighted by Crippen LogP contribution is -1.79. The molecule has 0 radical (unpaired) electrons. The highest BCUT2D eigenvalue weighted by Crippen LogP contribution is 2.01. The lowest BCUT2D eigenvalue weighted by atomic mass is 10.3. The summed E-state index contributed by atoms with van der Waals surface area (Å²) in [6.07, 6.45) is 12.4. The fourth-order valence-electron chi connectivity index (χ4n) is 0.930. The monoisotopic (exact) mass is 172 g/mol. The van der Waals surface area contributed by atoms with Gasteiger partial charge in [-0.05, 0) is 12.2 Å². The third kappa shape index (κ3) is 1.99. The average molecular weight is 172 g/mol. The zero-order valence-corrected chi connectivity index (χ0v) is 6.88. The summed E-state index contributed by atoms with van der Waals surface area (Å²) in [5.41, 5.74) is 1.86. The van der Waals surface area contributed by atoms with Crippen LogP contribution in [0, 0.1) is 0 Å². The van der Waals surface area contributed by atoms with Crippen LogP contribution in [0.1, 0.15) is 11.3 Å². The van der Waals surface area contributed by atoms with E-state index in [0.29, 0.717) is 0 Å². The van der Waals surface area contributed by atoms with Gasteiger partial charge in [0.25, 0.3) is 0 Å². The maximum Gasteiger partial charge on any atom is 0.0813 e. The molecule has 0 saturated carbocycles. The van der Waals surface area contributed by atoms with Crippen molar-refractivity contribution in [3.8, 4) is 0 Å². The molecule has 2 aromatic heterocycles. The highest BCUT2D eigenvalue weighted by molar-refractivity contribution is 5.66. The first-order chi connectivity index (χ1) is 6.45. The van der Waals surface area contributed by atoms with Crippen molar-refractivity contribution in [2.75, 3.05) is 0 Å². The van der Waals surface area contributed by atoms with Gasteiger partial charge >= 0.3 is 0 Å². The summed E-state index contributed by atoms with van der Waals surface area (Å²) >= 11 is 0. The van der Waals surface area contributed by atoms with E-state index in [1.54, 1.807) is 24.8 Å². The van der Waals surface area contributed by atoms with Crippen LogP contribution in [-0.4, -0.2) is 20.2 Å². The maximum atomic E-state index is 4.10. The molecule has 0 unspecified atom stereocenters. The number of nitrogens with one attached hydrogen (secondary N) is 1. The Bertz CT molecular complexity index is 377. The van der Waals surface area contributed by atoms with Crippen LogP contribution in [0.15, 0.2) is 31.0 Å². The number of hydrogen-bond acceptors (Lipinski definition) is 3. The first-order valence-electron chi connectivity index (χ1n) is 3.88. The van der Waals surface area contributed by atoms with Gasteiger partial charge in [-0.2, -0.15) is 5.10 Å². The minimum atomic E-state index is 0.837. The van der Waals surface area contributed by atoms with Gasteiger partial charge in [0.2, 0.25) is 0 Å². The topological polar surface area (TPSA) is 54.5 Å². The third-order valence-corrected chi connectivity index (χ3v) is 1.55. The number of nitrogens with zero attached hydrogens (tertiary/aromatic N) is 3. The highest BCUT2D eigenvalue weighted by Gasteiger charge is 1.87. The van der Waals surface area contributed by atoms with Crippen molar-refractivity contribution in [1.29, 1.82) is 0 Å². The van der Waals surface area contributed by atoms with Gasteiger partial charge in [-0.1, -0.05) is 0 Å². The second-order valence-corrected chi connectivity index (χ2v) is 2.50. The SMILES string of the molecule is C(=Cc1cnccn1)c1cn[nH]c1. The van der Waals surface area contributed by atoms with Crippen LogP contribution in [-0.2, 0) is 0 Å². The molecule has 4 nitrogen and oxygen atoms in total. The summed E-state index contributed by atoms with van der Waals surface area (Å²) in [5.74, 6) is 0. The summed E-state index contributed by atoms with van der Waals surface area (Å²) < 4.78 is 0. The molecule has 1 N–H and O–H groups in total. The normalized spacial score (nSPS) is 10.8. The Morgan fingerprint density at radius 2 is 2.15 bits per heavy atom. The molecule has 0 bridgehead atoms. The minimum absolute atomic E-state index is 0.837. The van der Waals surface area contributed by atoms with Gasteiger partial charge in [0.1, 0.15) is 0 Å². The van der Waals surface area contributed by atoms with E-state index in [0.717, 1.165) is 11.3 Å². The third-order valence-electron chi connectivity index (χ3n) is 1.55. The van der Waals surface area contributed by atoms with Crippen molar-refractivity contribution in [3.63, 3.8) is 0 Å².